The molecule has 0 fully saturated rings. The fraction of sp³-hybridized carbons (Fsp3) is 0. The van der Waals surface area contributed by atoms with Gasteiger partial charge < -0.3 is 10.1 Å². The van der Waals surface area contributed by atoms with E-state index in [1.807, 2.05) is 0 Å². The summed E-state index contributed by atoms with van der Waals surface area (Å²) in [6.07, 6.45) is 3.10. The molecule has 128 valence electrons. The lowest BCUT2D eigenvalue weighted by molar-refractivity contribution is 0.102. The van der Waals surface area contributed by atoms with Crippen LogP contribution in [0, 0.1) is 5.82 Å². The molecule has 0 aliphatic rings. The van der Waals surface area contributed by atoms with Gasteiger partial charge in [-0.2, -0.15) is 5.10 Å². The van der Waals surface area contributed by atoms with Crippen molar-refractivity contribution in [2.45, 2.75) is 0 Å². The number of hydrogen-bond acceptors (Lipinski definition) is 5. The summed E-state index contributed by atoms with van der Waals surface area (Å²) in [5.74, 6) is -0.887. The predicted octanol–water partition coefficient (Wildman–Crippen LogP) is 3.54. The molecule has 8 heteroatoms. The van der Waals surface area contributed by atoms with Gasteiger partial charge in [0.2, 0.25) is 5.88 Å². The summed E-state index contributed by atoms with van der Waals surface area (Å²) in [4.78, 5) is 20.8. The molecule has 0 bridgehead atoms. The zero-order chi connectivity index (χ0) is 17.9. The van der Waals surface area contributed by atoms with Gasteiger partial charge in [0.15, 0.2) is 17.2 Å². The number of hydrogen-bond donors (Lipinski definition) is 2. The summed E-state index contributed by atoms with van der Waals surface area (Å²) in [6.45, 7) is 0. The first-order valence-electron chi connectivity index (χ1n) is 7.69. The Bertz CT molecular complexity index is 1100. The van der Waals surface area contributed by atoms with Gasteiger partial charge in [-0.3, -0.25) is 9.89 Å². The number of aromatic nitrogens is 4. The van der Waals surface area contributed by atoms with Crippen LogP contribution in [0.1, 0.15) is 10.5 Å². The van der Waals surface area contributed by atoms with E-state index < -0.39 is 11.7 Å². The van der Waals surface area contributed by atoms with E-state index in [-0.39, 0.29) is 17.3 Å². The number of para-hydroxylation sites is 1. The highest BCUT2D eigenvalue weighted by Crippen LogP contribution is 2.28. The van der Waals surface area contributed by atoms with E-state index in [2.05, 4.69) is 25.5 Å². The van der Waals surface area contributed by atoms with E-state index in [9.17, 15) is 9.18 Å². The van der Waals surface area contributed by atoms with E-state index in [4.69, 9.17) is 4.74 Å². The Morgan fingerprint density at radius 1 is 1.12 bits per heavy atom. The Morgan fingerprint density at radius 3 is 2.88 bits per heavy atom. The van der Waals surface area contributed by atoms with Gasteiger partial charge in [0, 0.05) is 11.6 Å². The summed E-state index contributed by atoms with van der Waals surface area (Å²) < 4.78 is 19.3. The quantitative estimate of drug-likeness (QED) is 0.588. The Labute approximate surface area is 146 Å². The number of carbonyl (C=O) groups is 1. The number of ether oxygens (including phenoxy) is 1. The monoisotopic (exact) mass is 349 g/mol. The van der Waals surface area contributed by atoms with Crippen molar-refractivity contribution in [3.8, 4) is 11.6 Å². The highest BCUT2D eigenvalue weighted by Gasteiger charge is 2.14. The molecule has 0 unspecified atom stereocenters. The minimum Gasteiger partial charge on any atom is -0.434 e. The highest BCUT2D eigenvalue weighted by atomic mass is 19.1. The van der Waals surface area contributed by atoms with Crippen molar-refractivity contribution in [3.05, 3.63) is 72.4 Å². The topological polar surface area (TPSA) is 92.8 Å². The Morgan fingerprint density at radius 2 is 2.00 bits per heavy atom. The lowest BCUT2D eigenvalue weighted by atomic mass is 10.3. The van der Waals surface area contributed by atoms with Crippen LogP contribution in [0.2, 0.25) is 0 Å². The lowest BCUT2D eigenvalue weighted by Gasteiger charge is -2.11. The van der Waals surface area contributed by atoms with Gasteiger partial charge >= 0.3 is 0 Å². The molecule has 0 spiro atoms. The van der Waals surface area contributed by atoms with Crippen molar-refractivity contribution in [3.63, 3.8) is 0 Å². The van der Waals surface area contributed by atoms with Crippen LogP contribution < -0.4 is 10.1 Å². The number of pyridine rings is 2. The number of amides is 1. The van der Waals surface area contributed by atoms with Crippen LogP contribution in [0.15, 0.2) is 60.9 Å². The van der Waals surface area contributed by atoms with Crippen molar-refractivity contribution in [1.82, 2.24) is 20.2 Å². The zero-order valence-electron chi connectivity index (χ0n) is 13.3. The first kappa shape index (κ1) is 15.7. The summed E-state index contributed by atoms with van der Waals surface area (Å²) in [6, 6.07) is 12.5. The van der Waals surface area contributed by atoms with Gasteiger partial charge in [-0.1, -0.05) is 12.1 Å². The molecule has 0 aliphatic carbocycles. The van der Waals surface area contributed by atoms with E-state index in [1.54, 1.807) is 42.6 Å². The molecular weight excluding hydrogens is 337 g/mol. The summed E-state index contributed by atoms with van der Waals surface area (Å²) >= 11 is 0. The van der Waals surface area contributed by atoms with Gasteiger partial charge in [0.05, 0.1) is 6.20 Å². The minimum atomic E-state index is -0.526. The fourth-order valence-electron chi connectivity index (χ4n) is 2.34. The van der Waals surface area contributed by atoms with Crippen molar-refractivity contribution in [2.24, 2.45) is 0 Å². The number of fused-ring (bicyclic) bond motifs is 1. The van der Waals surface area contributed by atoms with Gasteiger partial charge in [-0.15, -0.1) is 0 Å². The molecule has 0 saturated heterocycles. The van der Waals surface area contributed by atoms with Crippen LogP contribution in [-0.2, 0) is 0 Å². The first-order chi connectivity index (χ1) is 12.7. The number of nitrogens with zero attached hydrogens (tertiary/aromatic N) is 3. The molecule has 0 aliphatic heterocycles. The highest BCUT2D eigenvalue weighted by molar-refractivity contribution is 6.04. The molecule has 3 aromatic heterocycles. The zero-order valence-corrected chi connectivity index (χ0v) is 13.3. The second-order valence-corrected chi connectivity index (χ2v) is 5.35. The number of benzene rings is 1. The molecule has 26 heavy (non-hydrogen) atoms. The van der Waals surface area contributed by atoms with Crippen LogP contribution in [0.4, 0.5) is 10.1 Å². The smallest absolute Gasteiger partial charge is 0.274 e. The molecule has 4 aromatic rings. The lowest BCUT2D eigenvalue weighted by Crippen LogP contribution is -2.14. The van der Waals surface area contributed by atoms with Gasteiger partial charge in [-0.25, -0.2) is 14.4 Å². The van der Waals surface area contributed by atoms with Crippen molar-refractivity contribution in [2.75, 3.05) is 5.32 Å². The number of nitrogens with one attached hydrogen (secondary N) is 2. The number of halogens is 1. The van der Waals surface area contributed by atoms with Crippen molar-refractivity contribution in [1.29, 1.82) is 0 Å². The number of H-pyrrole nitrogens is 1. The van der Waals surface area contributed by atoms with Crippen molar-refractivity contribution >= 4 is 22.6 Å². The van der Waals surface area contributed by atoms with Crippen LogP contribution >= 0.6 is 0 Å². The van der Waals surface area contributed by atoms with E-state index >= 15 is 0 Å². The van der Waals surface area contributed by atoms with Gasteiger partial charge in [-0.05, 0) is 36.4 Å². The summed E-state index contributed by atoms with van der Waals surface area (Å²) in [7, 11) is 0. The molecule has 2 N–H and O–H groups in total. The van der Waals surface area contributed by atoms with Gasteiger partial charge in [0.1, 0.15) is 11.4 Å². The maximum absolute atomic E-state index is 13.8. The number of rotatable bonds is 4. The molecule has 0 atom stereocenters. The number of anilines is 1. The number of aromatic amines is 1. The SMILES string of the molecule is O=C(Nc1cccnc1Oc1ccccc1F)c1ccc2cn[nH]c2n1. The van der Waals surface area contributed by atoms with E-state index in [0.29, 0.717) is 11.3 Å². The minimum absolute atomic E-state index is 0.0127. The van der Waals surface area contributed by atoms with Crippen LogP contribution in [-0.4, -0.2) is 26.1 Å². The Kier molecular flexibility index (Phi) is 3.98. The third-order valence-electron chi connectivity index (χ3n) is 3.60. The molecule has 0 saturated carbocycles. The maximum atomic E-state index is 13.8. The van der Waals surface area contributed by atoms with Crippen LogP contribution in [0.5, 0.6) is 11.6 Å². The molecule has 3 heterocycles. The first-order valence-corrected chi connectivity index (χ1v) is 7.69. The summed E-state index contributed by atoms with van der Waals surface area (Å²) in [5.41, 5.74) is 1.00. The largest absolute Gasteiger partial charge is 0.434 e. The molecule has 4 rings (SSSR count). The Balaban J connectivity index is 1.60. The molecular formula is C18H12FN5O2. The van der Waals surface area contributed by atoms with Crippen LogP contribution in [0.25, 0.3) is 11.0 Å². The predicted molar refractivity (Wildman–Crippen MR) is 92.6 cm³/mol. The molecule has 0 radical (unpaired) electrons. The van der Waals surface area contributed by atoms with E-state index in [0.717, 1.165) is 5.39 Å². The average Bonchev–Trinajstić information content (AvgIpc) is 3.13. The van der Waals surface area contributed by atoms with Crippen LogP contribution in [0.3, 0.4) is 0 Å². The maximum Gasteiger partial charge on any atom is 0.274 e. The summed E-state index contributed by atoms with van der Waals surface area (Å²) in [5, 5.41) is 10.1. The second kappa shape index (κ2) is 6.60. The van der Waals surface area contributed by atoms with E-state index in [1.165, 1.54) is 18.3 Å². The number of carbonyl (C=O) groups excluding carboxylic acids is 1. The fourth-order valence-corrected chi connectivity index (χ4v) is 2.34. The third kappa shape index (κ3) is 3.07. The standard InChI is InChI=1S/C18H12FN5O2/c19-12-4-1-2-6-15(12)26-18-14(5-3-9-20-18)23-17(25)13-8-7-11-10-21-24-16(11)22-13/h1-10H,(H,23,25)(H,21,22,24). The molecule has 7 nitrogen and oxygen atoms in total. The second-order valence-electron chi connectivity index (χ2n) is 5.35. The molecule has 1 amide bonds. The normalized spacial score (nSPS) is 10.7. The van der Waals surface area contributed by atoms with Crippen molar-refractivity contribution < 1.29 is 13.9 Å². The third-order valence-corrected chi connectivity index (χ3v) is 3.60. The average molecular weight is 349 g/mol. The molecule has 1 aromatic carbocycles. The Hall–Kier alpha value is -3.81. The van der Waals surface area contributed by atoms with Gasteiger partial charge in [0.25, 0.3) is 5.91 Å².